The highest BCUT2D eigenvalue weighted by molar-refractivity contribution is 5.78. The Balaban J connectivity index is 4.52. The van der Waals surface area contributed by atoms with Crippen molar-refractivity contribution in [2.45, 2.75) is 290 Å². The molecule has 2 amide bonds. The second-order valence-electron chi connectivity index (χ2n) is 20.2. The molecule has 0 bridgehead atoms. The van der Waals surface area contributed by atoms with E-state index in [2.05, 4.69) is 31.4 Å². The minimum absolute atomic E-state index is 0.102. The minimum atomic E-state index is -0.704. The molecule has 0 rings (SSSR count). The van der Waals surface area contributed by atoms with E-state index >= 15 is 0 Å². The quantitative estimate of drug-likeness (QED) is 0.0307. The number of ether oxygens (including phenoxy) is 4. The molecule has 0 aliphatic carbocycles. The van der Waals surface area contributed by atoms with Gasteiger partial charge in [0.1, 0.15) is 13.2 Å². The number of hydrogen-bond donors (Lipinski definition) is 3. The normalized spacial score (nSPS) is 13.0. The SMILES string of the molecule is CCCCCCCCCCCCCCCCCCNC(=O)OCC(COC(=O)CCC(=O)OCCC(C)(C)OCCC(C)C(C)N)NC(=O)CCCCCCCCCCCCCCCCC. The van der Waals surface area contributed by atoms with Crippen LogP contribution in [0, 0.1) is 5.92 Å². The van der Waals surface area contributed by atoms with Crippen LogP contribution in [0.4, 0.5) is 4.79 Å². The second kappa shape index (κ2) is 46.3. The Labute approximate surface area is 406 Å². The first-order valence-electron chi connectivity index (χ1n) is 27.8. The van der Waals surface area contributed by atoms with Crippen molar-refractivity contribution in [3.8, 4) is 0 Å². The number of carbonyl (C=O) groups is 4. The summed E-state index contributed by atoms with van der Waals surface area (Å²) in [6, 6.07) is -0.602. The molecular formula is C55H107N3O8. The molecule has 0 aromatic rings. The summed E-state index contributed by atoms with van der Waals surface area (Å²) in [7, 11) is 0. The molecule has 66 heavy (non-hydrogen) atoms. The van der Waals surface area contributed by atoms with Crippen molar-refractivity contribution in [1.82, 2.24) is 10.6 Å². The maximum absolute atomic E-state index is 12.9. The Hall–Kier alpha value is -2.40. The van der Waals surface area contributed by atoms with Crippen LogP contribution in [0.5, 0.6) is 0 Å². The third-order valence-electron chi connectivity index (χ3n) is 13.0. The van der Waals surface area contributed by atoms with Crippen molar-refractivity contribution < 1.29 is 38.1 Å². The number of amides is 2. The second-order valence-corrected chi connectivity index (χ2v) is 20.2. The summed E-state index contributed by atoms with van der Waals surface area (Å²) in [5, 5.41) is 5.73. The number of hydrogen-bond acceptors (Lipinski definition) is 9. The largest absolute Gasteiger partial charge is 0.466 e. The van der Waals surface area contributed by atoms with Gasteiger partial charge < -0.3 is 35.3 Å². The van der Waals surface area contributed by atoms with Gasteiger partial charge >= 0.3 is 18.0 Å². The van der Waals surface area contributed by atoms with Gasteiger partial charge in [0, 0.05) is 32.0 Å². The van der Waals surface area contributed by atoms with Crippen molar-refractivity contribution in [2.75, 3.05) is 33.0 Å². The molecule has 0 saturated carbocycles. The highest BCUT2D eigenvalue weighted by Gasteiger charge is 2.21. The molecule has 3 atom stereocenters. The van der Waals surface area contributed by atoms with E-state index in [0.717, 1.165) is 44.9 Å². The zero-order chi connectivity index (χ0) is 48.8. The smallest absolute Gasteiger partial charge is 0.407 e. The maximum atomic E-state index is 12.9. The van der Waals surface area contributed by atoms with Gasteiger partial charge in [-0.2, -0.15) is 0 Å². The molecule has 4 N–H and O–H groups in total. The molecule has 0 aromatic heterocycles. The summed E-state index contributed by atoms with van der Waals surface area (Å²) < 4.78 is 22.3. The fourth-order valence-corrected chi connectivity index (χ4v) is 7.99. The monoisotopic (exact) mass is 938 g/mol. The lowest BCUT2D eigenvalue weighted by atomic mass is 10.0. The van der Waals surface area contributed by atoms with E-state index < -0.39 is 29.7 Å². The first-order valence-corrected chi connectivity index (χ1v) is 27.8. The maximum Gasteiger partial charge on any atom is 0.407 e. The number of carbonyl (C=O) groups excluding carboxylic acids is 4. The zero-order valence-corrected chi connectivity index (χ0v) is 44.1. The van der Waals surface area contributed by atoms with Crippen LogP contribution in [-0.2, 0) is 33.3 Å². The van der Waals surface area contributed by atoms with Crippen molar-refractivity contribution >= 4 is 23.9 Å². The van der Waals surface area contributed by atoms with E-state index in [0.29, 0.717) is 31.9 Å². The van der Waals surface area contributed by atoms with Crippen LogP contribution in [0.25, 0.3) is 0 Å². The molecular weight excluding hydrogens is 831 g/mol. The molecule has 0 aromatic carbocycles. The van der Waals surface area contributed by atoms with E-state index in [9.17, 15) is 19.2 Å². The van der Waals surface area contributed by atoms with Crippen LogP contribution in [-0.4, -0.2) is 74.6 Å². The van der Waals surface area contributed by atoms with Gasteiger partial charge in [0.25, 0.3) is 0 Å². The van der Waals surface area contributed by atoms with Gasteiger partial charge in [-0.3, -0.25) is 14.4 Å². The van der Waals surface area contributed by atoms with Crippen molar-refractivity contribution in [3.05, 3.63) is 0 Å². The van der Waals surface area contributed by atoms with Gasteiger partial charge in [-0.15, -0.1) is 0 Å². The molecule has 0 aliphatic rings. The number of nitrogens with two attached hydrogens (primary N) is 1. The van der Waals surface area contributed by atoms with Crippen LogP contribution in [0.1, 0.15) is 273 Å². The van der Waals surface area contributed by atoms with Gasteiger partial charge in [-0.05, 0) is 46.0 Å². The molecule has 0 heterocycles. The van der Waals surface area contributed by atoms with Crippen molar-refractivity contribution in [2.24, 2.45) is 11.7 Å². The fourth-order valence-electron chi connectivity index (χ4n) is 7.99. The van der Waals surface area contributed by atoms with Gasteiger partial charge in [-0.1, -0.05) is 207 Å². The predicted molar refractivity (Wildman–Crippen MR) is 274 cm³/mol. The first kappa shape index (κ1) is 63.6. The fraction of sp³-hybridized carbons (Fsp3) is 0.927. The van der Waals surface area contributed by atoms with Crippen molar-refractivity contribution in [3.63, 3.8) is 0 Å². The lowest BCUT2D eigenvalue weighted by Crippen LogP contribution is -2.43. The van der Waals surface area contributed by atoms with Crippen LogP contribution in [0.15, 0.2) is 0 Å². The van der Waals surface area contributed by atoms with Crippen LogP contribution in [0.2, 0.25) is 0 Å². The molecule has 3 unspecified atom stereocenters. The average molecular weight is 938 g/mol. The summed E-state index contributed by atoms with van der Waals surface area (Å²) in [6.45, 7) is 13.5. The topological polar surface area (TPSA) is 155 Å². The Kier molecular flexibility index (Phi) is 44.7. The molecule has 0 saturated heterocycles. The summed E-state index contributed by atoms with van der Waals surface area (Å²) in [4.78, 5) is 50.6. The van der Waals surface area contributed by atoms with Gasteiger partial charge in [0.2, 0.25) is 5.91 Å². The predicted octanol–water partition coefficient (Wildman–Crippen LogP) is 14.1. The molecule has 0 spiro atoms. The van der Waals surface area contributed by atoms with Crippen LogP contribution in [0.3, 0.4) is 0 Å². The number of esters is 2. The lowest BCUT2D eigenvalue weighted by molar-refractivity contribution is -0.152. The van der Waals surface area contributed by atoms with Gasteiger partial charge in [0.15, 0.2) is 0 Å². The Morgan fingerprint density at radius 2 is 0.894 bits per heavy atom. The molecule has 11 nitrogen and oxygen atoms in total. The third kappa shape index (κ3) is 45.4. The van der Waals surface area contributed by atoms with Gasteiger partial charge in [0.05, 0.1) is 31.1 Å². The third-order valence-corrected chi connectivity index (χ3v) is 13.0. The van der Waals surface area contributed by atoms with Crippen molar-refractivity contribution in [1.29, 1.82) is 0 Å². The molecule has 0 aliphatic heterocycles. The summed E-state index contributed by atoms with van der Waals surface area (Å²) in [5.41, 5.74) is 5.49. The number of nitrogens with one attached hydrogen (secondary N) is 2. The average Bonchev–Trinajstić information content (AvgIpc) is 3.28. The van der Waals surface area contributed by atoms with E-state index in [1.807, 2.05) is 20.8 Å². The Morgan fingerprint density at radius 3 is 1.33 bits per heavy atom. The Bertz CT molecular complexity index is 1140. The number of rotatable bonds is 49. The summed E-state index contributed by atoms with van der Waals surface area (Å²) in [6.07, 6.45) is 40.3. The highest BCUT2D eigenvalue weighted by Crippen LogP contribution is 2.18. The first-order chi connectivity index (χ1) is 31.9. The molecule has 0 fully saturated rings. The number of alkyl carbamates (subject to hydrolysis) is 1. The van der Waals surface area contributed by atoms with E-state index in [1.54, 1.807) is 0 Å². The van der Waals surface area contributed by atoms with Gasteiger partial charge in [-0.25, -0.2) is 4.79 Å². The van der Waals surface area contributed by atoms with Crippen LogP contribution >= 0.6 is 0 Å². The highest BCUT2D eigenvalue weighted by atomic mass is 16.6. The molecule has 0 radical (unpaired) electrons. The Morgan fingerprint density at radius 1 is 0.500 bits per heavy atom. The van der Waals surface area contributed by atoms with E-state index in [4.69, 9.17) is 24.7 Å². The molecule has 11 heteroatoms. The summed E-state index contributed by atoms with van der Waals surface area (Å²) in [5.74, 6) is -0.898. The molecule has 390 valence electrons. The minimum Gasteiger partial charge on any atom is -0.466 e. The zero-order valence-electron chi connectivity index (χ0n) is 44.1. The van der Waals surface area contributed by atoms with Crippen LogP contribution < -0.4 is 16.4 Å². The standard InChI is InChI=1S/C55H107N3O8/c1-7-9-11-13-15-17-19-21-23-25-27-29-31-33-35-37-43-57-54(62)65-47-50(58-51(59)38-36-34-32-30-28-26-24-22-20-18-16-14-12-10-8-2)46-64-53(61)40-39-52(60)63-45-42-55(5,6)66-44-41-48(3)49(4)56/h48-50H,7-47,56H2,1-6H3,(H,57,62)(H,58,59). The lowest BCUT2D eigenvalue weighted by Gasteiger charge is -2.26. The number of unbranched alkanes of at least 4 members (excludes halogenated alkanes) is 29. The van der Waals surface area contributed by atoms with E-state index in [1.165, 1.54) is 161 Å². The summed E-state index contributed by atoms with van der Waals surface area (Å²) >= 11 is 0. The van der Waals surface area contributed by atoms with E-state index in [-0.39, 0.29) is 44.6 Å².